The molecule has 3 rings (SSSR count). The molecule has 1 amide bonds. The van der Waals surface area contributed by atoms with Gasteiger partial charge >= 0.3 is 5.69 Å². The number of hydrogen-bond acceptors (Lipinski definition) is 6. The number of nitrogens with zero attached hydrogens (tertiary/aromatic N) is 4. The Morgan fingerprint density at radius 1 is 1.29 bits per heavy atom. The van der Waals surface area contributed by atoms with Gasteiger partial charge in [0, 0.05) is 36.6 Å². The molecule has 0 spiro atoms. The van der Waals surface area contributed by atoms with Gasteiger partial charge in [0.15, 0.2) is 0 Å². The summed E-state index contributed by atoms with van der Waals surface area (Å²) in [5.74, 6) is 0.646. The number of nitrogens with one attached hydrogen (secondary N) is 1. The van der Waals surface area contributed by atoms with Crippen molar-refractivity contribution in [2.45, 2.75) is 61.1 Å². The van der Waals surface area contributed by atoms with Gasteiger partial charge < -0.3 is 4.90 Å². The van der Waals surface area contributed by atoms with E-state index in [4.69, 9.17) is 21.8 Å². The van der Waals surface area contributed by atoms with Crippen LogP contribution < -0.4 is 11.2 Å². The second kappa shape index (κ2) is 11.8. The van der Waals surface area contributed by atoms with Gasteiger partial charge in [0.25, 0.3) is 5.56 Å². The fourth-order valence-electron chi connectivity index (χ4n) is 3.59. The van der Waals surface area contributed by atoms with Crippen molar-refractivity contribution in [3.8, 4) is 0 Å². The summed E-state index contributed by atoms with van der Waals surface area (Å²) in [6.07, 6.45) is 0.972. The number of fused-ring (bicyclic) bond motifs is 1. The van der Waals surface area contributed by atoms with Gasteiger partial charge in [-0.1, -0.05) is 25.4 Å². The summed E-state index contributed by atoms with van der Waals surface area (Å²) in [6, 6.07) is 0. The van der Waals surface area contributed by atoms with Crippen molar-refractivity contribution >= 4 is 44.9 Å². The number of amidine groups is 1. The molecule has 2 aromatic heterocycles. The number of hydroxylamine groups is 2. The highest BCUT2D eigenvalue weighted by Gasteiger charge is 2.21. The third kappa shape index (κ3) is 6.17. The number of aryl methyl sites for hydroxylation is 1. The molecule has 188 valence electrons. The molecule has 1 aliphatic heterocycles. The highest BCUT2D eigenvalue weighted by atomic mass is 35.5. The number of halogens is 1. The van der Waals surface area contributed by atoms with Crippen LogP contribution in [0.25, 0.3) is 10.2 Å². The van der Waals surface area contributed by atoms with Crippen molar-refractivity contribution in [3.05, 3.63) is 42.5 Å². The van der Waals surface area contributed by atoms with Gasteiger partial charge in [-0.25, -0.2) is 9.86 Å². The van der Waals surface area contributed by atoms with E-state index in [1.54, 1.807) is 16.4 Å². The van der Waals surface area contributed by atoms with Crippen molar-refractivity contribution in [2.75, 3.05) is 13.2 Å². The van der Waals surface area contributed by atoms with Crippen molar-refractivity contribution in [3.63, 3.8) is 0 Å². The van der Waals surface area contributed by atoms with E-state index in [0.717, 1.165) is 29.1 Å². The maximum absolute atomic E-state index is 12.7. The Morgan fingerprint density at radius 2 is 1.94 bits per heavy atom. The predicted octanol–water partition coefficient (Wildman–Crippen LogP) is 3.80. The van der Waals surface area contributed by atoms with Crippen LogP contribution in [0.4, 0.5) is 0 Å². The standard InChI is InChI=1S/C18H25ClN4O2S.C5H9NO2/c1-10(2)8-23-17-15(16(24)21(6)18(23)25)12(4)14(26-17)9-22(13(5)20)11(3)7-19;1-5(7)6-3-2-4-8-6/h7,10,20H,8-9H2,1-6H3;2-4H2,1H3/b11-7+,20-13?;. The number of thiophene rings is 1. The second-order valence-electron chi connectivity index (χ2n) is 8.71. The first-order valence-electron chi connectivity index (χ1n) is 11.1. The minimum Gasteiger partial charge on any atom is -0.328 e. The summed E-state index contributed by atoms with van der Waals surface area (Å²) in [4.78, 5) is 44.1. The van der Waals surface area contributed by atoms with Crippen LogP contribution >= 0.6 is 22.9 Å². The van der Waals surface area contributed by atoms with Crippen LogP contribution in [-0.2, 0) is 29.8 Å². The minimum atomic E-state index is -0.291. The van der Waals surface area contributed by atoms with Crippen LogP contribution in [0.2, 0.25) is 0 Å². The zero-order chi connectivity index (χ0) is 25.7. The molecule has 0 unspecified atom stereocenters. The number of aromatic nitrogens is 2. The summed E-state index contributed by atoms with van der Waals surface area (Å²) < 4.78 is 2.87. The summed E-state index contributed by atoms with van der Waals surface area (Å²) in [6.45, 7) is 13.5. The number of rotatable bonds is 5. The highest BCUT2D eigenvalue weighted by Crippen LogP contribution is 2.30. The zero-order valence-corrected chi connectivity index (χ0v) is 22.5. The third-order valence-electron chi connectivity index (χ3n) is 5.45. The molecule has 1 fully saturated rings. The average Bonchev–Trinajstić information content (AvgIpc) is 3.42. The molecule has 11 heteroatoms. The number of carbonyl (C=O) groups is 1. The quantitative estimate of drug-likeness (QED) is 0.486. The summed E-state index contributed by atoms with van der Waals surface area (Å²) in [7, 11) is 1.52. The second-order valence-corrected chi connectivity index (χ2v) is 10.0. The largest absolute Gasteiger partial charge is 0.331 e. The lowest BCUT2D eigenvalue weighted by molar-refractivity contribution is -0.166. The van der Waals surface area contributed by atoms with E-state index in [2.05, 4.69) is 0 Å². The van der Waals surface area contributed by atoms with Gasteiger partial charge in [-0.3, -0.25) is 29.0 Å². The first kappa shape index (κ1) is 27.8. The van der Waals surface area contributed by atoms with Crippen LogP contribution in [0.3, 0.4) is 0 Å². The molecule has 1 N–H and O–H groups in total. The van der Waals surface area contributed by atoms with Gasteiger partial charge in [-0.05, 0) is 38.7 Å². The van der Waals surface area contributed by atoms with E-state index < -0.39 is 0 Å². The molecule has 1 saturated heterocycles. The van der Waals surface area contributed by atoms with Crippen molar-refractivity contribution in [1.29, 1.82) is 5.41 Å². The van der Waals surface area contributed by atoms with E-state index in [1.165, 1.54) is 40.5 Å². The molecule has 3 heterocycles. The van der Waals surface area contributed by atoms with E-state index in [9.17, 15) is 14.4 Å². The fourth-order valence-corrected chi connectivity index (χ4v) is 5.00. The Bertz CT molecular complexity index is 1200. The molecular formula is C23H34ClN5O4S. The number of allylic oxidation sites excluding steroid dienone is 1. The first-order valence-corrected chi connectivity index (χ1v) is 12.4. The van der Waals surface area contributed by atoms with E-state index in [0.29, 0.717) is 35.7 Å². The maximum atomic E-state index is 12.7. The molecule has 2 aromatic rings. The summed E-state index contributed by atoms with van der Waals surface area (Å²) in [5.41, 5.74) is 2.49. The molecule has 9 nitrogen and oxygen atoms in total. The summed E-state index contributed by atoms with van der Waals surface area (Å²) >= 11 is 7.27. The van der Waals surface area contributed by atoms with Gasteiger partial charge in [0.1, 0.15) is 4.83 Å². The van der Waals surface area contributed by atoms with Crippen LogP contribution in [-0.4, -0.2) is 44.0 Å². The SMILES string of the molecule is CC(=N)N(Cc1sc2c(c1C)c(=O)n(C)c(=O)n2CC(C)C)/C(C)=C/Cl.CC(=O)N1CCCO1. The highest BCUT2D eigenvalue weighted by molar-refractivity contribution is 7.18. The Balaban J connectivity index is 0.000000430. The first-order chi connectivity index (χ1) is 15.9. The molecule has 0 aliphatic carbocycles. The Kier molecular flexibility index (Phi) is 9.66. The molecule has 0 aromatic carbocycles. The third-order valence-corrected chi connectivity index (χ3v) is 7.07. The Morgan fingerprint density at radius 3 is 2.38 bits per heavy atom. The molecule has 0 saturated carbocycles. The average molecular weight is 512 g/mol. The van der Waals surface area contributed by atoms with Crippen LogP contribution in [0, 0.1) is 18.3 Å². The van der Waals surface area contributed by atoms with E-state index in [1.807, 2.05) is 27.7 Å². The van der Waals surface area contributed by atoms with E-state index >= 15 is 0 Å². The lowest BCUT2D eigenvalue weighted by Crippen LogP contribution is -2.38. The smallest absolute Gasteiger partial charge is 0.328 e. The Labute approximate surface area is 208 Å². The number of hydrogen-bond donors (Lipinski definition) is 1. The molecule has 1 aliphatic rings. The Hall–Kier alpha value is -2.43. The van der Waals surface area contributed by atoms with Crippen molar-refractivity contribution < 1.29 is 9.63 Å². The van der Waals surface area contributed by atoms with Crippen LogP contribution in [0.5, 0.6) is 0 Å². The topological polar surface area (TPSA) is 101 Å². The minimum absolute atomic E-state index is 0.00231. The lowest BCUT2D eigenvalue weighted by atomic mass is 10.2. The number of carbonyl (C=O) groups excluding carboxylic acids is 1. The normalized spacial score (nSPS) is 13.9. The van der Waals surface area contributed by atoms with Crippen molar-refractivity contribution in [1.82, 2.24) is 19.1 Å². The monoisotopic (exact) mass is 511 g/mol. The number of amides is 1. The van der Waals surface area contributed by atoms with Gasteiger partial charge in [0.2, 0.25) is 5.91 Å². The maximum Gasteiger partial charge on any atom is 0.331 e. The van der Waals surface area contributed by atoms with E-state index in [-0.39, 0.29) is 23.1 Å². The molecule has 0 bridgehead atoms. The predicted molar refractivity (Wildman–Crippen MR) is 137 cm³/mol. The van der Waals surface area contributed by atoms with Crippen molar-refractivity contribution in [2.24, 2.45) is 13.0 Å². The van der Waals surface area contributed by atoms with Crippen LogP contribution in [0.1, 0.15) is 51.5 Å². The fraction of sp³-hybridized carbons (Fsp3) is 0.565. The molecule has 0 radical (unpaired) electrons. The molecule has 0 atom stereocenters. The van der Waals surface area contributed by atoms with Gasteiger partial charge in [-0.15, -0.1) is 11.3 Å². The van der Waals surface area contributed by atoms with Gasteiger partial charge in [0.05, 0.1) is 30.9 Å². The van der Waals surface area contributed by atoms with Gasteiger partial charge in [-0.2, -0.15) is 0 Å². The van der Waals surface area contributed by atoms with Crippen LogP contribution in [0.15, 0.2) is 20.8 Å². The lowest BCUT2D eigenvalue weighted by Gasteiger charge is -2.23. The molecular weight excluding hydrogens is 478 g/mol. The summed E-state index contributed by atoms with van der Waals surface area (Å²) in [5, 5.41) is 9.97. The molecule has 34 heavy (non-hydrogen) atoms. The zero-order valence-electron chi connectivity index (χ0n) is 20.9.